The van der Waals surface area contributed by atoms with Gasteiger partial charge in [-0.2, -0.15) is 0 Å². The largest absolute Gasteiger partial charge is 0.454 e. The van der Waals surface area contributed by atoms with E-state index in [1.165, 1.54) is 0 Å². The molecule has 3 fully saturated rings. The summed E-state index contributed by atoms with van der Waals surface area (Å²) in [7, 11) is 0. The number of ether oxygens (including phenoxy) is 4. The third-order valence-corrected chi connectivity index (χ3v) is 9.38. The zero-order chi connectivity index (χ0) is 28.5. The van der Waals surface area contributed by atoms with Crippen molar-refractivity contribution in [2.45, 2.75) is 38.5 Å². The number of likely N-dealkylation sites (tertiary alicyclic amines) is 2. The molecule has 4 aliphatic heterocycles. The Balaban J connectivity index is 1.22. The topological polar surface area (TPSA) is 77.5 Å². The third kappa shape index (κ3) is 5.23. The predicted molar refractivity (Wildman–Crippen MR) is 158 cm³/mol. The van der Waals surface area contributed by atoms with Crippen LogP contribution in [0.15, 0.2) is 48.6 Å². The molecule has 1 aliphatic carbocycles. The number of piperidine rings is 2. The van der Waals surface area contributed by atoms with E-state index in [2.05, 4.69) is 24.3 Å². The second-order valence-electron chi connectivity index (χ2n) is 11.9. The Morgan fingerprint density at radius 3 is 1.40 bits per heavy atom. The average molecular weight is 571 g/mol. The van der Waals surface area contributed by atoms with Crippen molar-refractivity contribution in [3.8, 4) is 23.0 Å². The van der Waals surface area contributed by atoms with Crippen LogP contribution in [-0.4, -0.2) is 61.4 Å². The summed E-state index contributed by atoms with van der Waals surface area (Å²) in [5.74, 6) is 2.21. The van der Waals surface area contributed by atoms with Gasteiger partial charge in [0.05, 0.1) is 11.8 Å². The van der Waals surface area contributed by atoms with E-state index >= 15 is 0 Å². The first-order valence-corrected chi connectivity index (χ1v) is 15.4. The molecule has 2 aromatic carbocycles. The SMILES string of the molecule is O=C(C1C(C=Cc2ccc3c(c2)OCO3)C(C=Cc2ccc3c(c2)OCO3)C1C(=O)N1CCCCC1)N1CCCCC1. The van der Waals surface area contributed by atoms with Gasteiger partial charge in [-0.1, -0.05) is 36.4 Å². The normalized spacial score (nSPS) is 26.6. The first kappa shape index (κ1) is 26.9. The second kappa shape index (κ2) is 11.7. The fourth-order valence-corrected chi connectivity index (χ4v) is 7.07. The van der Waals surface area contributed by atoms with Gasteiger partial charge in [0.15, 0.2) is 23.0 Å². The van der Waals surface area contributed by atoms with Gasteiger partial charge < -0.3 is 28.7 Å². The number of carbonyl (C=O) groups is 2. The van der Waals surface area contributed by atoms with E-state index in [9.17, 15) is 9.59 Å². The van der Waals surface area contributed by atoms with Gasteiger partial charge >= 0.3 is 0 Å². The van der Waals surface area contributed by atoms with Crippen molar-refractivity contribution in [2.75, 3.05) is 39.8 Å². The van der Waals surface area contributed by atoms with Crippen LogP contribution < -0.4 is 18.9 Å². The zero-order valence-corrected chi connectivity index (χ0v) is 23.9. The summed E-state index contributed by atoms with van der Waals surface area (Å²) in [6.45, 7) is 3.55. The summed E-state index contributed by atoms with van der Waals surface area (Å²) in [5, 5.41) is 0. The predicted octanol–water partition coefficient (Wildman–Crippen LogP) is 5.37. The lowest BCUT2D eigenvalue weighted by Gasteiger charge is -2.51. The number of amides is 2. The average Bonchev–Trinajstić information content (AvgIpc) is 3.70. The van der Waals surface area contributed by atoms with E-state index in [-0.39, 0.29) is 49.1 Å². The summed E-state index contributed by atoms with van der Waals surface area (Å²) in [6, 6.07) is 11.8. The van der Waals surface area contributed by atoms with Gasteiger partial charge in [-0.15, -0.1) is 0 Å². The van der Waals surface area contributed by atoms with Crippen LogP contribution >= 0.6 is 0 Å². The van der Waals surface area contributed by atoms with E-state index in [0.717, 1.165) is 98.8 Å². The Morgan fingerprint density at radius 1 is 0.571 bits per heavy atom. The highest BCUT2D eigenvalue weighted by atomic mass is 16.7. The van der Waals surface area contributed by atoms with Crippen LogP contribution in [0.4, 0.5) is 0 Å². The smallest absolute Gasteiger partial charge is 0.231 e. The molecule has 1 saturated carbocycles. The van der Waals surface area contributed by atoms with Crippen molar-refractivity contribution >= 4 is 24.0 Å². The minimum absolute atomic E-state index is 0.103. The molecule has 2 aromatic rings. The summed E-state index contributed by atoms with van der Waals surface area (Å²) >= 11 is 0. The fourth-order valence-electron chi connectivity index (χ4n) is 7.07. The molecule has 0 bridgehead atoms. The Bertz CT molecular complexity index is 1280. The van der Waals surface area contributed by atoms with E-state index < -0.39 is 0 Å². The molecule has 8 heteroatoms. The number of benzene rings is 2. The lowest BCUT2D eigenvalue weighted by atomic mass is 9.55. The van der Waals surface area contributed by atoms with Crippen molar-refractivity contribution in [1.82, 2.24) is 9.80 Å². The standard InChI is InChI=1S/C34H38N2O6/c37-33(35-15-3-1-4-16-35)31-25(11-7-23-9-13-27-29(19-23)41-21-39-27)26(32(31)34(38)36-17-5-2-6-18-36)12-8-24-10-14-28-30(20-24)42-22-40-28/h7-14,19-20,25-26,31-32H,1-6,15-18,21-22H2. The molecule has 0 spiro atoms. The molecular weight excluding hydrogens is 532 g/mol. The van der Waals surface area contributed by atoms with Gasteiger partial charge in [-0.3, -0.25) is 9.59 Å². The van der Waals surface area contributed by atoms with Crippen molar-refractivity contribution in [1.29, 1.82) is 0 Å². The van der Waals surface area contributed by atoms with Gasteiger partial charge in [0.1, 0.15) is 0 Å². The molecule has 2 amide bonds. The van der Waals surface area contributed by atoms with Gasteiger partial charge in [0.25, 0.3) is 0 Å². The quantitative estimate of drug-likeness (QED) is 0.465. The maximum Gasteiger partial charge on any atom is 0.231 e. The maximum atomic E-state index is 14.1. The maximum absolute atomic E-state index is 14.1. The van der Waals surface area contributed by atoms with Crippen LogP contribution in [0, 0.1) is 23.7 Å². The molecule has 42 heavy (non-hydrogen) atoms. The summed E-state index contributed by atoms with van der Waals surface area (Å²) < 4.78 is 22.1. The van der Waals surface area contributed by atoms with Crippen molar-refractivity contribution in [3.63, 3.8) is 0 Å². The molecule has 4 heterocycles. The number of nitrogens with zero attached hydrogens (tertiary/aromatic N) is 2. The van der Waals surface area contributed by atoms with Crippen LogP contribution in [-0.2, 0) is 9.59 Å². The number of allylic oxidation sites excluding steroid dienone is 2. The lowest BCUT2D eigenvalue weighted by Crippen LogP contribution is -2.60. The molecule has 5 aliphatic rings. The molecule has 220 valence electrons. The molecule has 0 aromatic heterocycles. The number of hydrogen-bond acceptors (Lipinski definition) is 6. The molecule has 7 rings (SSSR count). The van der Waals surface area contributed by atoms with Gasteiger partial charge in [-0.25, -0.2) is 0 Å². The van der Waals surface area contributed by atoms with Crippen LogP contribution in [0.2, 0.25) is 0 Å². The van der Waals surface area contributed by atoms with Crippen molar-refractivity contribution < 1.29 is 28.5 Å². The Hall–Kier alpha value is -3.94. The van der Waals surface area contributed by atoms with E-state index in [0.29, 0.717) is 0 Å². The Morgan fingerprint density at radius 2 is 0.976 bits per heavy atom. The van der Waals surface area contributed by atoms with E-state index in [1.807, 2.05) is 46.2 Å². The molecule has 0 N–H and O–H groups in total. The fraction of sp³-hybridized carbons (Fsp3) is 0.471. The minimum atomic E-state index is -0.380. The highest BCUT2D eigenvalue weighted by Crippen LogP contribution is 2.51. The van der Waals surface area contributed by atoms with Crippen LogP contribution in [0.1, 0.15) is 49.7 Å². The van der Waals surface area contributed by atoms with E-state index in [1.54, 1.807) is 0 Å². The van der Waals surface area contributed by atoms with Crippen LogP contribution in [0.25, 0.3) is 12.2 Å². The van der Waals surface area contributed by atoms with Crippen molar-refractivity contribution in [3.05, 3.63) is 59.7 Å². The second-order valence-corrected chi connectivity index (χ2v) is 11.9. The van der Waals surface area contributed by atoms with Crippen LogP contribution in [0.3, 0.4) is 0 Å². The molecule has 4 atom stereocenters. The van der Waals surface area contributed by atoms with Crippen LogP contribution in [0.5, 0.6) is 23.0 Å². The molecular formula is C34H38N2O6. The lowest BCUT2D eigenvalue weighted by molar-refractivity contribution is -0.161. The monoisotopic (exact) mass is 570 g/mol. The van der Waals surface area contributed by atoms with Gasteiger partial charge in [0, 0.05) is 26.2 Å². The Kier molecular flexibility index (Phi) is 7.53. The highest BCUT2D eigenvalue weighted by Gasteiger charge is 2.56. The summed E-state index contributed by atoms with van der Waals surface area (Å²) in [5.41, 5.74) is 1.96. The number of hydrogen-bond donors (Lipinski definition) is 0. The zero-order valence-electron chi connectivity index (χ0n) is 23.9. The van der Waals surface area contributed by atoms with E-state index in [4.69, 9.17) is 18.9 Å². The number of carbonyl (C=O) groups excluding carboxylic acids is 2. The first-order valence-electron chi connectivity index (χ1n) is 15.4. The first-order chi connectivity index (χ1) is 20.7. The summed E-state index contributed by atoms with van der Waals surface area (Å²) in [4.78, 5) is 32.3. The number of rotatable bonds is 6. The number of fused-ring (bicyclic) bond motifs is 2. The highest BCUT2D eigenvalue weighted by molar-refractivity contribution is 5.91. The van der Waals surface area contributed by atoms with Gasteiger partial charge in [-0.05, 0) is 85.8 Å². The molecule has 8 nitrogen and oxygen atoms in total. The molecule has 2 saturated heterocycles. The third-order valence-electron chi connectivity index (χ3n) is 9.38. The van der Waals surface area contributed by atoms with Crippen molar-refractivity contribution in [2.24, 2.45) is 23.7 Å². The summed E-state index contributed by atoms with van der Waals surface area (Å²) in [6.07, 6.45) is 14.8. The Labute approximate surface area is 246 Å². The molecule has 4 unspecified atom stereocenters. The molecule has 0 radical (unpaired) electrons. The minimum Gasteiger partial charge on any atom is -0.454 e. The van der Waals surface area contributed by atoms with Gasteiger partial charge in [0.2, 0.25) is 25.4 Å².